The van der Waals surface area contributed by atoms with Gasteiger partial charge in [0.1, 0.15) is 0 Å². The van der Waals surface area contributed by atoms with Crippen LogP contribution < -0.4 is 4.72 Å². The molecule has 0 heterocycles. The molecule has 19 heavy (non-hydrogen) atoms. The van der Waals surface area contributed by atoms with Gasteiger partial charge in [-0.2, -0.15) is 0 Å². The lowest BCUT2D eigenvalue weighted by Crippen LogP contribution is -2.41. The van der Waals surface area contributed by atoms with E-state index in [4.69, 9.17) is 11.6 Å². The van der Waals surface area contributed by atoms with E-state index in [2.05, 4.69) is 4.72 Å². The Kier molecular flexibility index (Phi) is 5.42. The van der Waals surface area contributed by atoms with Gasteiger partial charge in [-0.1, -0.05) is 32.9 Å². The Balaban J connectivity index is 2.89. The summed E-state index contributed by atoms with van der Waals surface area (Å²) in [4.78, 5) is 0.293. The topological polar surface area (TPSA) is 46.2 Å². The minimum absolute atomic E-state index is 0.119. The van der Waals surface area contributed by atoms with Crippen molar-refractivity contribution < 1.29 is 8.42 Å². The van der Waals surface area contributed by atoms with Crippen molar-refractivity contribution in [2.24, 2.45) is 5.41 Å². The molecule has 0 bridgehead atoms. The van der Waals surface area contributed by atoms with Gasteiger partial charge in [0.2, 0.25) is 10.0 Å². The summed E-state index contributed by atoms with van der Waals surface area (Å²) in [6.07, 6.45) is 0.744. The van der Waals surface area contributed by atoms with Crippen LogP contribution in [0, 0.1) is 5.41 Å². The van der Waals surface area contributed by atoms with Crippen LogP contribution in [0.5, 0.6) is 0 Å². The van der Waals surface area contributed by atoms with Crippen LogP contribution in [0.2, 0.25) is 0 Å². The maximum Gasteiger partial charge on any atom is 0.240 e. The zero-order valence-electron chi connectivity index (χ0n) is 11.9. The summed E-state index contributed by atoms with van der Waals surface area (Å²) in [5.74, 6) is 0.533. The highest BCUT2D eigenvalue weighted by Gasteiger charge is 2.25. The van der Waals surface area contributed by atoms with Crippen LogP contribution in [0.25, 0.3) is 0 Å². The Morgan fingerprint density at radius 1 is 1.21 bits per heavy atom. The number of nitrogens with one attached hydrogen (secondary N) is 1. The van der Waals surface area contributed by atoms with Crippen molar-refractivity contribution in [2.45, 2.75) is 45.1 Å². The highest BCUT2D eigenvalue weighted by atomic mass is 35.5. The molecule has 1 atom stereocenters. The van der Waals surface area contributed by atoms with Gasteiger partial charge in [0.25, 0.3) is 0 Å². The standard InChI is InChI=1S/C14H22ClNO2S/c1-11(14(2,3)4)16-19(17,18)13-7-5-12(6-8-13)9-10-15/h5-8,11,16H,9-10H2,1-4H3. The average Bonchev–Trinajstić information content (AvgIpc) is 2.28. The molecule has 0 aromatic heterocycles. The third-order valence-electron chi connectivity index (χ3n) is 3.25. The first-order valence-corrected chi connectivity index (χ1v) is 8.36. The Bertz CT molecular complexity index is 503. The highest BCUT2D eigenvalue weighted by Crippen LogP contribution is 2.21. The van der Waals surface area contributed by atoms with Gasteiger partial charge in [0, 0.05) is 11.9 Å². The quantitative estimate of drug-likeness (QED) is 0.849. The van der Waals surface area contributed by atoms with Crippen molar-refractivity contribution in [2.75, 3.05) is 5.88 Å². The monoisotopic (exact) mass is 303 g/mol. The van der Waals surface area contributed by atoms with E-state index >= 15 is 0 Å². The molecule has 0 spiro atoms. The third-order valence-corrected chi connectivity index (χ3v) is 4.99. The molecule has 5 heteroatoms. The Morgan fingerprint density at radius 2 is 1.74 bits per heavy atom. The van der Waals surface area contributed by atoms with Crippen molar-refractivity contribution >= 4 is 21.6 Å². The van der Waals surface area contributed by atoms with Gasteiger partial charge in [-0.15, -0.1) is 11.6 Å². The smallest absolute Gasteiger partial charge is 0.208 e. The second-order valence-corrected chi connectivity index (χ2v) is 7.88. The van der Waals surface area contributed by atoms with Gasteiger partial charge in [-0.05, 0) is 36.5 Å². The molecule has 0 saturated carbocycles. The van der Waals surface area contributed by atoms with E-state index in [1.165, 1.54) is 0 Å². The summed E-state index contributed by atoms with van der Waals surface area (Å²) in [7, 11) is -3.46. The van der Waals surface area contributed by atoms with Gasteiger partial charge >= 0.3 is 0 Å². The SMILES string of the molecule is CC(NS(=O)(=O)c1ccc(CCCl)cc1)C(C)(C)C. The molecule has 0 amide bonds. The average molecular weight is 304 g/mol. The van der Waals surface area contributed by atoms with Gasteiger partial charge < -0.3 is 0 Å². The number of hydrogen-bond acceptors (Lipinski definition) is 2. The normalized spacial score (nSPS) is 14.4. The molecule has 0 fully saturated rings. The number of benzene rings is 1. The Hall–Kier alpha value is -0.580. The fourth-order valence-electron chi connectivity index (χ4n) is 1.42. The van der Waals surface area contributed by atoms with E-state index in [0.717, 1.165) is 12.0 Å². The van der Waals surface area contributed by atoms with Crippen LogP contribution in [-0.4, -0.2) is 20.3 Å². The van der Waals surface area contributed by atoms with Gasteiger partial charge in [0.15, 0.2) is 0 Å². The number of halogens is 1. The summed E-state index contributed by atoms with van der Waals surface area (Å²) in [6, 6.07) is 6.72. The third kappa shape index (κ3) is 4.79. The summed E-state index contributed by atoms with van der Waals surface area (Å²) in [6.45, 7) is 7.89. The molecular weight excluding hydrogens is 282 g/mol. The van der Waals surface area contributed by atoms with Crippen LogP contribution >= 0.6 is 11.6 Å². The van der Waals surface area contributed by atoms with Gasteiger partial charge in [0.05, 0.1) is 4.90 Å². The molecular formula is C14H22ClNO2S. The van der Waals surface area contributed by atoms with E-state index in [1.54, 1.807) is 24.3 Å². The molecule has 0 aliphatic carbocycles. The lowest BCUT2D eigenvalue weighted by Gasteiger charge is -2.27. The van der Waals surface area contributed by atoms with Crippen LogP contribution in [0.15, 0.2) is 29.2 Å². The van der Waals surface area contributed by atoms with E-state index < -0.39 is 10.0 Å². The summed E-state index contributed by atoms with van der Waals surface area (Å²) in [5, 5.41) is 0. The molecule has 0 radical (unpaired) electrons. The van der Waals surface area contributed by atoms with E-state index in [-0.39, 0.29) is 11.5 Å². The first-order valence-electron chi connectivity index (χ1n) is 6.34. The maximum absolute atomic E-state index is 12.2. The maximum atomic E-state index is 12.2. The predicted octanol–water partition coefficient (Wildman–Crippen LogP) is 3.18. The van der Waals surface area contributed by atoms with Gasteiger partial charge in [-0.3, -0.25) is 0 Å². The van der Waals surface area contributed by atoms with Crippen molar-refractivity contribution in [3.8, 4) is 0 Å². The second kappa shape index (κ2) is 6.25. The number of rotatable bonds is 5. The molecule has 0 saturated heterocycles. The Morgan fingerprint density at radius 3 is 2.16 bits per heavy atom. The molecule has 1 aromatic carbocycles. The predicted molar refractivity (Wildman–Crippen MR) is 80.1 cm³/mol. The molecule has 108 valence electrons. The Labute approximate surface area is 121 Å². The van der Waals surface area contributed by atoms with E-state index in [1.807, 2.05) is 27.7 Å². The van der Waals surface area contributed by atoms with Crippen molar-refractivity contribution in [3.05, 3.63) is 29.8 Å². The van der Waals surface area contributed by atoms with Crippen molar-refractivity contribution in [1.82, 2.24) is 4.72 Å². The summed E-state index contributed by atoms with van der Waals surface area (Å²) < 4.78 is 27.2. The van der Waals surface area contributed by atoms with Crippen LogP contribution in [0.1, 0.15) is 33.3 Å². The van der Waals surface area contributed by atoms with Crippen LogP contribution in [0.4, 0.5) is 0 Å². The van der Waals surface area contributed by atoms with Crippen molar-refractivity contribution in [1.29, 1.82) is 0 Å². The fourth-order valence-corrected chi connectivity index (χ4v) is 3.09. The molecule has 1 rings (SSSR count). The van der Waals surface area contributed by atoms with Crippen molar-refractivity contribution in [3.63, 3.8) is 0 Å². The second-order valence-electron chi connectivity index (χ2n) is 5.79. The molecule has 0 aliphatic rings. The largest absolute Gasteiger partial charge is 0.240 e. The minimum Gasteiger partial charge on any atom is -0.208 e. The van der Waals surface area contributed by atoms with Gasteiger partial charge in [-0.25, -0.2) is 13.1 Å². The fraction of sp³-hybridized carbons (Fsp3) is 0.571. The first-order chi connectivity index (χ1) is 8.66. The summed E-state index contributed by atoms with van der Waals surface area (Å²) >= 11 is 5.65. The van der Waals surface area contributed by atoms with Crippen LogP contribution in [-0.2, 0) is 16.4 Å². The highest BCUT2D eigenvalue weighted by molar-refractivity contribution is 7.89. The molecule has 1 N–H and O–H groups in total. The zero-order valence-corrected chi connectivity index (χ0v) is 13.5. The number of aryl methyl sites for hydroxylation is 1. The van der Waals surface area contributed by atoms with E-state index in [9.17, 15) is 8.42 Å². The zero-order chi connectivity index (χ0) is 14.7. The molecule has 1 aromatic rings. The number of sulfonamides is 1. The molecule has 1 unspecified atom stereocenters. The lowest BCUT2D eigenvalue weighted by atomic mass is 9.89. The first kappa shape index (κ1) is 16.5. The molecule has 3 nitrogen and oxygen atoms in total. The number of alkyl halides is 1. The minimum atomic E-state index is -3.46. The number of hydrogen-bond donors (Lipinski definition) is 1. The lowest BCUT2D eigenvalue weighted by molar-refractivity contribution is 0.317. The van der Waals surface area contributed by atoms with E-state index in [0.29, 0.717) is 10.8 Å². The summed E-state index contributed by atoms with van der Waals surface area (Å²) in [5.41, 5.74) is 0.920. The molecule has 0 aliphatic heterocycles. The van der Waals surface area contributed by atoms with Crippen LogP contribution in [0.3, 0.4) is 0 Å².